The van der Waals surface area contributed by atoms with Gasteiger partial charge in [0, 0.05) is 19.6 Å². The van der Waals surface area contributed by atoms with Gasteiger partial charge in [-0.1, -0.05) is 13.3 Å². The van der Waals surface area contributed by atoms with Gasteiger partial charge in [0.1, 0.15) is 6.04 Å². The Balaban J connectivity index is 2.67. The molecule has 0 spiro atoms. The topological polar surface area (TPSA) is 120 Å². The molecule has 1 fully saturated rings. The first-order valence-electron chi connectivity index (χ1n) is 9.70. The van der Waals surface area contributed by atoms with E-state index in [1.807, 2.05) is 6.92 Å². The van der Waals surface area contributed by atoms with Gasteiger partial charge in [0.25, 0.3) is 0 Å². The molecule has 1 saturated heterocycles. The molecular weight excluding hydrogens is 373 g/mol. The van der Waals surface area contributed by atoms with Crippen molar-refractivity contribution in [2.75, 3.05) is 45.6 Å². The minimum atomic E-state index is -3.26. The Morgan fingerprint density at radius 3 is 2.52 bits per heavy atom. The third kappa shape index (κ3) is 7.87. The lowest BCUT2D eigenvalue weighted by atomic mass is 10.0. The van der Waals surface area contributed by atoms with Crippen LogP contribution in [0.1, 0.15) is 40.0 Å². The number of nitrogens with one attached hydrogen (secondary N) is 1. The van der Waals surface area contributed by atoms with Crippen molar-refractivity contribution in [2.24, 2.45) is 5.73 Å². The molecule has 27 heavy (non-hydrogen) atoms. The van der Waals surface area contributed by atoms with Crippen molar-refractivity contribution in [3.05, 3.63) is 0 Å². The molecule has 0 radical (unpaired) electrons. The van der Waals surface area contributed by atoms with E-state index in [0.29, 0.717) is 26.2 Å². The average Bonchev–Trinajstić information content (AvgIpc) is 2.66. The first-order valence-corrected chi connectivity index (χ1v) is 11.4. The monoisotopic (exact) mass is 407 g/mol. The highest BCUT2D eigenvalue weighted by molar-refractivity contribution is 7.53. The molecule has 0 aliphatic carbocycles. The van der Waals surface area contributed by atoms with E-state index in [1.54, 1.807) is 13.8 Å². The highest BCUT2D eigenvalue weighted by Crippen LogP contribution is 2.48. The second-order valence-electron chi connectivity index (χ2n) is 6.35. The van der Waals surface area contributed by atoms with E-state index in [4.69, 9.17) is 19.5 Å². The van der Waals surface area contributed by atoms with E-state index in [9.17, 15) is 14.2 Å². The number of nitrogens with zero attached hydrogens (tertiary/aromatic N) is 1. The van der Waals surface area contributed by atoms with Gasteiger partial charge in [-0.25, -0.2) is 4.79 Å². The second kappa shape index (κ2) is 12.5. The van der Waals surface area contributed by atoms with Crippen LogP contribution in [0.3, 0.4) is 0 Å². The molecule has 1 rings (SSSR count). The lowest BCUT2D eigenvalue weighted by Crippen LogP contribution is -2.60. The highest BCUT2D eigenvalue weighted by Gasteiger charge is 2.36. The van der Waals surface area contributed by atoms with Gasteiger partial charge in [-0.05, 0) is 26.7 Å². The van der Waals surface area contributed by atoms with Crippen LogP contribution in [0.15, 0.2) is 0 Å². The molecule has 0 aromatic rings. The maximum absolute atomic E-state index is 12.8. The lowest BCUT2D eigenvalue weighted by Gasteiger charge is -2.35. The highest BCUT2D eigenvalue weighted by atomic mass is 31.2. The summed E-state index contributed by atoms with van der Waals surface area (Å²) < 4.78 is 28.2. The Labute approximate surface area is 161 Å². The van der Waals surface area contributed by atoms with E-state index in [2.05, 4.69) is 5.32 Å². The fourth-order valence-electron chi connectivity index (χ4n) is 2.81. The number of rotatable bonds is 12. The smallest absolute Gasteiger partial charge is 0.410 e. The third-order valence-electron chi connectivity index (χ3n) is 4.26. The van der Waals surface area contributed by atoms with E-state index < -0.39 is 25.8 Å². The van der Waals surface area contributed by atoms with Crippen molar-refractivity contribution in [2.45, 2.75) is 52.1 Å². The molecule has 0 bridgehead atoms. The van der Waals surface area contributed by atoms with Gasteiger partial charge in [-0.2, -0.15) is 0 Å². The quantitative estimate of drug-likeness (QED) is 0.371. The van der Waals surface area contributed by atoms with E-state index >= 15 is 0 Å². The van der Waals surface area contributed by atoms with Crippen LogP contribution in [0.5, 0.6) is 0 Å². The largest absolute Gasteiger partial charge is 0.449 e. The summed E-state index contributed by atoms with van der Waals surface area (Å²) in [6.45, 7) is 7.60. The SMILES string of the molecule is CCCCOC(=O)N1CCNCC1C(=O)[C@H](N)CCP(=O)(OCC)OCC. The van der Waals surface area contributed by atoms with Gasteiger partial charge in [-0.3, -0.25) is 14.3 Å². The molecule has 1 aliphatic rings. The van der Waals surface area contributed by atoms with Crippen LogP contribution in [0.2, 0.25) is 0 Å². The lowest BCUT2D eigenvalue weighted by molar-refractivity contribution is -0.125. The molecule has 158 valence electrons. The van der Waals surface area contributed by atoms with Gasteiger partial charge in [0.15, 0.2) is 5.78 Å². The number of ketones is 1. The number of ether oxygens (including phenoxy) is 1. The first kappa shape index (κ1) is 24.0. The fraction of sp³-hybridized carbons (Fsp3) is 0.882. The van der Waals surface area contributed by atoms with E-state index in [0.717, 1.165) is 12.8 Å². The molecule has 10 heteroatoms. The first-order chi connectivity index (χ1) is 12.9. The third-order valence-corrected chi connectivity index (χ3v) is 6.37. The number of carbonyl (C=O) groups excluding carboxylic acids is 2. The van der Waals surface area contributed by atoms with Crippen LogP contribution in [0.4, 0.5) is 4.79 Å². The number of nitrogens with two attached hydrogens (primary N) is 1. The van der Waals surface area contributed by atoms with Crippen LogP contribution >= 0.6 is 7.60 Å². The van der Waals surface area contributed by atoms with Crippen LogP contribution in [-0.4, -0.2) is 74.5 Å². The molecule has 1 aliphatic heterocycles. The van der Waals surface area contributed by atoms with E-state index in [1.165, 1.54) is 4.90 Å². The summed E-state index contributed by atoms with van der Waals surface area (Å²) in [4.78, 5) is 26.5. The van der Waals surface area contributed by atoms with Gasteiger partial charge < -0.3 is 24.8 Å². The minimum absolute atomic E-state index is 0.0582. The van der Waals surface area contributed by atoms with Crippen molar-refractivity contribution in [1.82, 2.24) is 10.2 Å². The van der Waals surface area contributed by atoms with Crippen molar-refractivity contribution in [3.63, 3.8) is 0 Å². The predicted molar refractivity (Wildman–Crippen MR) is 103 cm³/mol. The van der Waals surface area contributed by atoms with Crippen LogP contribution in [0, 0.1) is 0 Å². The molecule has 0 aromatic carbocycles. The number of Topliss-reactive ketones (excluding diaryl/α,β-unsaturated/α-hetero) is 1. The van der Waals surface area contributed by atoms with Crippen LogP contribution in [-0.2, 0) is 23.1 Å². The Bertz CT molecular complexity index is 509. The summed E-state index contributed by atoms with van der Waals surface area (Å²) in [5, 5.41) is 3.11. The molecule has 9 nitrogen and oxygen atoms in total. The second-order valence-corrected chi connectivity index (χ2v) is 8.53. The van der Waals surface area contributed by atoms with Crippen molar-refractivity contribution < 1.29 is 27.9 Å². The van der Waals surface area contributed by atoms with Gasteiger partial charge in [0.2, 0.25) is 0 Å². The summed E-state index contributed by atoms with van der Waals surface area (Å²) in [6, 6.07) is -1.56. The van der Waals surface area contributed by atoms with E-state index in [-0.39, 0.29) is 31.6 Å². The van der Waals surface area contributed by atoms with Gasteiger partial charge in [0.05, 0.1) is 32.0 Å². The predicted octanol–water partition coefficient (Wildman–Crippen LogP) is 1.75. The Morgan fingerprint density at radius 1 is 1.26 bits per heavy atom. The fourth-order valence-corrected chi connectivity index (χ4v) is 4.52. The molecule has 1 heterocycles. The maximum atomic E-state index is 12.8. The number of amides is 1. The zero-order chi connectivity index (χ0) is 20.3. The van der Waals surface area contributed by atoms with Gasteiger partial charge >= 0.3 is 13.7 Å². The zero-order valence-corrected chi connectivity index (χ0v) is 17.5. The summed E-state index contributed by atoms with van der Waals surface area (Å²) in [5.74, 6) is -0.283. The minimum Gasteiger partial charge on any atom is -0.449 e. The Morgan fingerprint density at radius 2 is 1.93 bits per heavy atom. The molecular formula is C17H34N3O6P. The summed E-state index contributed by atoms with van der Waals surface area (Å²) in [6.07, 6.45) is 1.42. The number of hydrogen-bond acceptors (Lipinski definition) is 8. The number of carbonyl (C=O) groups is 2. The van der Waals surface area contributed by atoms with Crippen LogP contribution < -0.4 is 11.1 Å². The molecule has 2 atom stereocenters. The molecule has 0 saturated carbocycles. The average molecular weight is 407 g/mol. The number of hydrogen-bond donors (Lipinski definition) is 2. The van der Waals surface area contributed by atoms with Crippen LogP contribution in [0.25, 0.3) is 0 Å². The zero-order valence-electron chi connectivity index (χ0n) is 16.6. The molecule has 1 unspecified atom stereocenters. The van der Waals surface area contributed by atoms with Crippen molar-refractivity contribution in [1.29, 1.82) is 0 Å². The molecule has 0 aromatic heterocycles. The summed E-state index contributed by atoms with van der Waals surface area (Å²) in [5.41, 5.74) is 6.04. The maximum Gasteiger partial charge on any atom is 0.410 e. The van der Waals surface area contributed by atoms with Gasteiger partial charge in [-0.15, -0.1) is 0 Å². The normalized spacial score (nSPS) is 19.0. The Kier molecular flexibility index (Phi) is 11.1. The van der Waals surface area contributed by atoms with Crippen molar-refractivity contribution >= 4 is 19.5 Å². The van der Waals surface area contributed by atoms with Crippen molar-refractivity contribution in [3.8, 4) is 0 Å². The molecule has 3 N–H and O–H groups in total. The molecule has 1 amide bonds. The number of unbranched alkanes of at least 4 members (excludes halogenated alkanes) is 1. The summed E-state index contributed by atoms with van der Waals surface area (Å²) in [7, 11) is -3.26. The Hall–Kier alpha value is -0.990. The standard InChI is InChI=1S/C17H34N3O6P/c1-4-7-11-24-17(22)20-10-9-19-13-15(20)16(21)14(18)8-12-27(23,25-5-2)26-6-3/h14-15,19H,4-13,18H2,1-3H3/t14-,15?/m1/s1. The summed E-state index contributed by atoms with van der Waals surface area (Å²) >= 11 is 0. The number of piperazine rings is 1.